The van der Waals surface area contributed by atoms with Crippen LogP contribution in [0.25, 0.3) is 11.3 Å². The zero-order valence-electron chi connectivity index (χ0n) is 16.3. The molecule has 0 unspecified atom stereocenters. The Morgan fingerprint density at radius 2 is 2.22 bits per heavy atom. The van der Waals surface area contributed by atoms with Crippen molar-refractivity contribution >= 4 is 5.91 Å². The zero-order valence-corrected chi connectivity index (χ0v) is 16.3. The minimum Gasteiger partial charge on any atom is -0.497 e. The lowest BCUT2D eigenvalue weighted by Gasteiger charge is -2.25. The van der Waals surface area contributed by atoms with Crippen LogP contribution in [0.5, 0.6) is 5.75 Å². The lowest BCUT2D eigenvalue weighted by molar-refractivity contribution is -0.134. The first kappa shape index (κ1) is 19.4. The first-order valence-corrected chi connectivity index (χ1v) is 9.54. The fourth-order valence-electron chi connectivity index (χ4n) is 3.26. The molecule has 3 rings (SSSR count). The highest BCUT2D eigenvalue weighted by atomic mass is 16.5. The Hall–Kier alpha value is -2.34. The molecule has 0 bridgehead atoms. The van der Waals surface area contributed by atoms with E-state index in [0.29, 0.717) is 31.2 Å². The fraction of sp³-hybridized carbons (Fsp3) is 0.524. The molecule has 146 valence electrons. The molecule has 1 atom stereocenters. The van der Waals surface area contributed by atoms with Gasteiger partial charge < -0.3 is 18.9 Å². The molecule has 0 saturated carbocycles. The van der Waals surface area contributed by atoms with Crippen molar-refractivity contribution in [2.45, 2.75) is 45.8 Å². The summed E-state index contributed by atoms with van der Waals surface area (Å²) in [4.78, 5) is 14.6. The van der Waals surface area contributed by atoms with E-state index >= 15 is 0 Å². The maximum Gasteiger partial charge on any atom is 0.223 e. The molecular weight excluding hydrogens is 344 g/mol. The Balaban J connectivity index is 1.72. The van der Waals surface area contributed by atoms with Gasteiger partial charge in [-0.15, -0.1) is 0 Å². The van der Waals surface area contributed by atoms with Gasteiger partial charge in [0.05, 0.1) is 19.8 Å². The Bertz CT molecular complexity index is 750. The summed E-state index contributed by atoms with van der Waals surface area (Å²) in [6.07, 6.45) is 2.69. The van der Waals surface area contributed by atoms with Crippen LogP contribution >= 0.6 is 0 Å². The molecule has 0 radical (unpaired) electrons. The van der Waals surface area contributed by atoms with Crippen LogP contribution in [0.3, 0.4) is 0 Å². The van der Waals surface area contributed by atoms with Gasteiger partial charge in [0.2, 0.25) is 5.91 Å². The molecule has 2 aromatic rings. The smallest absolute Gasteiger partial charge is 0.223 e. The summed E-state index contributed by atoms with van der Waals surface area (Å²) in [6.45, 7) is 5.92. The molecule has 1 amide bonds. The van der Waals surface area contributed by atoms with Gasteiger partial charge in [0.25, 0.3) is 0 Å². The van der Waals surface area contributed by atoms with Gasteiger partial charge in [0.1, 0.15) is 11.4 Å². The molecule has 1 fully saturated rings. The summed E-state index contributed by atoms with van der Waals surface area (Å²) in [5.41, 5.74) is 1.63. The largest absolute Gasteiger partial charge is 0.497 e. The van der Waals surface area contributed by atoms with E-state index in [1.165, 1.54) is 0 Å². The molecule has 1 aliphatic heterocycles. The van der Waals surface area contributed by atoms with Crippen LogP contribution in [-0.2, 0) is 16.1 Å². The molecule has 0 spiro atoms. The Kier molecular flexibility index (Phi) is 6.50. The first-order valence-electron chi connectivity index (χ1n) is 9.54. The first-order chi connectivity index (χ1) is 13.0. The van der Waals surface area contributed by atoms with E-state index < -0.39 is 0 Å². The number of aromatic nitrogens is 1. The number of nitrogens with zero attached hydrogens (tertiary/aromatic N) is 2. The monoisotopic (exact) mass is 372 g/mol. The molecule has 27 heavy (non-hydrogen) atoms. The standard InChI is InChI=1S/C21H28N2O4/c1-15(2)10-21(24)23(14-19-8-5-9-26-19)13-17-12-20(27-22-17)16-6-4-7-18(11-16)25-3/h4,6-7,11-12,15,19H,5,8-10,13-14H2,1-3H3/t19-/m1/s1. The second-order valence-corrected chi connectivity index (χ2v) is 7.42. The van der Waals surface area contributed by atoms with E-state index in [-0.39, 0.29) is 12.0 Å². The van der Waals surface area contributed by atoms with Crippen LogP contribution in [0, 0.1) is 5.92 Å². The molecular formula is C21H28N2O4. The number of benzene rings is 1. The van der Waals surface area contributed by atoms with Crippen LogP contribution in [-0.4, -0.2) is 42.3 Å². The summed E-state index contributed by atoms with van der Waals surface area (Å²) in [7, 11) is 1.63. The molecule has 0 N–H and O–H groups in total. The maximum atomic E-state index is 12.7. The third-order valence-electron chi connectivity index (χ3n) is 4.65. The van der Waals surface area contributed by atoms with Crippen molar-refractivity contribution in [3.8, 4) is 17.1 Å². The van der Waals surface area contributed by atoms with Gasteiger partial charge in [0, 0.05) is 31.2 Å². The van der Waals surface area contributed by atoms with Crippen molar-refractivity contribution < 1.29 is 18.8 Å². The number of carbonyl (C=O) groups excluding carboxylic acids is 1. The molecule has 0 aliphatic carbocycles. The molecule has 1 aromatic carbocycles. The number of hydrogen-bond donors (Lipinski definition) is 0. The number of methoxy groups -OCH3 is 1. The lowest BCUT2D eigenvalue weighted by atomic mass is 10.1. The normalized spacial score (nSPS) is 16.7. The van der Waals surface area contributed by atoms with Crippen LogP contribution < -0.4 is 4.74 Å². The SMILES string of the molecule is COc1cccc(-c2cc(CN(C[C@H]3CCCO3)C(=O)CC(C)C)no2)c1. The maximum absolute atomic E-state index is 12.7. The molecule has 1 aromatic heterocycles. The van der Waals surface area contributed by atoms with E-state index in [0.717, 1.165) is 36.5 Å². The highest BCUT2D eigenvalue weighted by Crippen LogP contribution is 2.25. The summed E-state index contributed by atoms with van der Waals surface area (Å²) in [5.74, 6) is 1.87. The van der Waals surface area contributed by atoms with Gasteiger partial charge in [-0.1, -0.05) is 31.1 Å². The topological polar surface area (TPSA) is 64.8 Å². The van der Waals surface area contributed by atoms with Crippen molar-refractivity contribution in [1.29, 1.82) is 0 Å². The van der Waals surface area contributed by atoms with E-state index in [4.69, 9.17) is 14.0 Å². The third kappa shape index (κ3) is 5.32. The number of amides is 1. The highest BCUT2D eigenvalue weighted by molar-refractivity contribution is 5.76. The van der Waals surface area contributed by atoms with Gasteiger partial charge >= 0.3 is 0 Å². The fourth-order valence-corrected chi connectivity index (χ4v) is 3.26. The van der Waals surface area contributed by atoms with Gasteiger partial charge in [0.15, 0.2) is 5.76 Å². The van der Waals surface area contributed by atoms with Crippen LogP contribution in [0.2, 0.25) is 0 Å². The van der Waals surface area contributed by atoms with Gasteiger partial charge in [-0.05, 0) is 30.9 Å². The van der Waals surface area contributed by atoms with E-state index in [2.05, 4.69) is 19.0 Å². The number of hydrogen-bond acceptors (Lipinski definition) is 5. The summed E-state index contributed by atoms with van der Waals surface area (Å²) >= 11 is 0. The predicted octanol–water partition coefficient (Wildman–Crippen LogP) is 3.90. The Morgan fingerprint density at radius 3 is 2.93 bits per heavy atom. The highest BCUT2D eigenvalue weighted by Gasteiger charge is 2.24. The summed E-state index contributed by atoms with van der Waals surface area (Å²) in [6, 6.07) is 9.53. The van der Waals surface area contributed by atoms with Gasteiger partial charge in [-0.2, -0.15) is 0 Å². The minimum absolute atomic E-state index is 0.117. The molecule has 1 saturated heterocycles. The van der Waals surface area contributed by atoms with Crippen molar-refractivity contribution in [3.05, 3.63) is 36.0 Å². The number of ether oxygens (including phenoxy) is 2. The van der Waals surface area contributed by atoms with Crippen molar-refractivity contribution in [1.82, 2.24) is 10.1 Å². The van der Waals surface area contributed by atoms with Crippen LogP contribution in [0.4, 0.5) is 0 Å². The van der Waals surface area contributed by atoms with E-state index in [1.807, 2.05) is 35.2 Å². The Labute approximate surface area is 160 Å². The van der Waals surface area contributed by atoms with Crippen molar-refractivity contribution in [2.24, 2.45) is 5.92 Å². The quantitative estimate of drug-likeness (QED) is 0.703. The van der Waals surface area contributed by atoms with Crippen molar-refractivity contribution in [2.75, 3.05) is 20.3 Å². The lowest BCUT2D eigenvalue weighted by Crippen LogP contribution is -2.37. The van der Waals surface area contributed by atoms with Gasteiger partial charge in [-0.25, -0.2) is 0 Å². The number of rotatable bonds is 8. The predicted molar refractivity (Wildman–Crippen MR) is 102 cm³/mol. The zero-order chi connectivity index (χ0) is 19.2. The van der Waals surface area contributed by atoms with Crippen LogP contribution in [0.15, 0.2) is 34.9 Å². The number of carbonyl (C=O) groups is 1. The molecule has 6 heteroatoms. The second kappa shape index (κ2) is 9.04. The molecule has 1 aliphatic rings. The summed E-state index contributed by atoms with van der Waals surface area (Å²) in [5, 5.41) is 4.17. The summed E-state index contributed by atoms with van der Waals surface area (Å²) < 4.78 is 16.5. The van der Waals surface area contributed by atoms with Gasteiger partial charge in [-0.3, -0.25) is 4.79 Å². The average Bonchev–Trinajstić information content (AvgIpc) is 3.32. The molecule has 2 heterocycles. The van der Waals surface area contributed by atoms with Crippen molar-refractivity contribution in [3.63, 3.8) is 0 Å². The Morgan fingerprint density at radius 1 is 1.37 bits per heavy atom. The van der Waals surface area contributed by atoms with Crippen LogP contribution in [0.1, 0.15) is 38.8 Å². The van der Waals surface area contributed by atoms with E-state index in [1.54, 1.807) is 7.11 Å². The van der Waals surface area contributed by atoms with E-state index in [9.17, 15) is 4.79 Å². The molecule has 6 nitrogen and oxygen atoms in total. The second-order valence-electron chi connectivity index (χ2n) is 7.42. The third-order valence-corrected chi connectivity index (χ3v) is 4.65. The average molecular weight is 372 g/mol. The minimum atomic E-state index is 0.117.